The summed E-state index contributed by atoms with van der Waals surface area (Å²) < 4.78 is 10.6. The minimum absolute atomic E-state index is 0.0566. The van der Waals surface area contributed by atoms with E-state index in [9.17, 15) is 24.5 Å². The smallest absolute Gasteiger partial charge is 0.410 e. The Hall–Kier alpha value is -3.99. The highest BCUT2D eigenvalue weighted by Crippen LogP contribution is 2.21. The van der Waals surface area contributed by atoms with Crippen LogP contribution in [-0.2, 0) is 36.9 Å². The molecule has 1 heterocycles. The van der Waals surface area contributed by atoms with Crippen LogP contribution in [0.1, 0.15) is 37.8 Å². The van der Waals surface area contributed by atoms with Crippen molar-refractivity contribution in [3.05, 3.63) is 75.8 Å². The van der Waals surface area contributed by atoms with E-state index in [0.717, 1.165) is 10.6 Å². The third kappa shape index (κ3) is 8.01. The average Bonchev–Trinajstić information content (AvgIpc) is 2.90. The van der Waals surface area contributed by atoms with Crippen molar-refractivity contribution in [3.63, 3.8) is 0 Å². The Balaban J connectivity index is 1.61. The van der Waals surface area contributed by atoms with Crippen molar-refractivity contribution in [1.29, 1.82) is 0 Å². The molecule has 1 atom stereocenters. The Bertz CT molecular complexity index is 1070. The number of ether oxygens (including phenoxy) is 2. The first-order valence-corrected chi connectivity index (χ1v) is 12.1. The van der Waals surface area contributed by atoms with Crippen LogP contribution in [-0.4, -0.2) is 64.7 Å². The molecule has 0 spiro atoms. The third-order valence-corrected chi connectivity index (χ3v) is 5.90. The number of hydrogen-bond acceptors (Lipinski definition) is 8. The number of nitro groups is 1. The fourth-order valence-corrected chi connectivity index (χ4v) is 3.96. The van der Waals surface area contributed by atoms with Gasteiger partial charge in [-0.05, 0) is 30.9 Å². The first-order chi connectivity index (χ1) is 17.8. The summed E-state index contributed by atoms with van der Waals surface area (Å²) >= 11 is 0. The summed E-state index contributed by atoms with van der Waals surface area (Å²) in [6, 6.07) is 14.0. The van der Waals surface area contributed by atoms with Gasteiger partial charge >= 0.3 is 12.1 Å². The number of amides is 2. The van der Waals surface area contributed by atoms with Gasteiger partial charge in [-0.2, -0.15) is 0 Å². The Kier molecular flexibility index (Phi) is 9.96. The number of benzene rings is 2. The van der Waals surface area contributed by atoms with Crippen LogP contribution in [0.3, 0.4) is 0 Å². The Labute approximate surface area is 215 Å². The number of hydrogen-bond donors (Lipinski definition) is 0. The van der Waals surface area contributed by atoms with Gasteiger partial charge in [0.25, 0.3) is 5.69 Å². The molecule has 1 saturated heterocycles. The second-order valence-corrected chi connectivity index (χ2v) is 8.57. The van der Waals surface area contributed by atoms with Gasteiger partial charge in [-0.25, -0.2) is 14.7 Å². The summed E-state index contributed by atoms with van der Waals surface area (Å²) in [5.74, 6) is -1.12. The molecule has 0 aromatic heterocycles. The molecule has 0 unspecified atom stereocenters. The van der Waals surface area contributed by atoms with E-state index in [-0.39, 0.29) is 25.3 Å². The van der Waals surface area contributed by atoms with Crippen molar-refractivity contribution in [2.24, 2.45) is 0 Å². The van der Waals surface area contributed by atoms with Crippen molar-refractivity contribution in [2.75, 3.05) is 19.7 Å². The summed E-state index contributed by atoms with van der Waals surface area (Å²) in [6.45, 7) is 3.99. The summed E-state index contributed by atoms with van der Waals surface area (Å²) in [5, 5.41) is 12.0. The van der Waals surface area contributed by atoms with Gasteiger partial charge < -0.3 is 14.4 Å². The normalized spacial score (nSPS) is 14.5. The minimum Gasteiger partial charge on any atom is -0.464 e. The van der Waals surface area contributed by atoms with E-state index in [2.05, 4.69) is 0 Å². The van der Waals surface area contributed by atoms with Crippen LogP contribution in [0.25, 0.3) is 0 Å². The van der Waals surface area contributed by atoms with E-state index >= 15 is 0 Å². The molecule has 37 heavy (non-hydrogen) atoms. The highest BCUT2D eigenvalue weighted by atomic mass is 16.7. The largest absolute Gasteiger partial charge is 0.464 e. The Morgan fingerprint density at radius 1 is 1.03 bits per heavy atom. The zero-order valence-corrected chi connectivity index (χ0v) is 20.9. The molecule has 2 amide bonds. The van der Waals surface area contributed by atoms with Gasteiger partial charge in [-0.15, -0.1) is 0 Å². The fraction of sp³-hybridized carbons (Fsp3) is 0.423. The third-order valence-electron chi connectivity index (χ3n) is 5.90. The molecule has 0 aliphatic carbocycles. The van der Waals surface area contributed by atoms with E-state index in [0.29, 0.717) is 31.5 Å². The fourth-order valence-electron chi connectivity index (χ4n) is 3.96. The van der Waals surface area contributed by atoms with Gasteiger partial charge in [0.15, 0.2) is 6.04 Å². The lowest BCUT2D eigenvalue weighted by Crippen LogP contribution is -2.50. The SMILES string of the molecule is CCOC(=O)[C@H](Cc1ccc([N+](=O)[O-])cc1)N(OC1CCN(C(=O)OCc2ccccc2)CC1)C(C)=O. The lowest BCUT2D eigenvalue weighted by Gasteiger charge is -2.36. The van der Waals surface area contributed by atoms with Crippen molar-refractivity contribution >= 4 is 23.7 Å². The second-order valence-electron chi connectivity index (χ2n) is 8.57. The molecule has 1 aliphatic heterocycles. The number of nitro benzene ring substituents is 1. The number of esters is 1. The number of rotatable bonds is 10. The number of likely N-dealkylation sites (tertiary alicyclic amines) is 1. The number of nitrogens with zero attached hydrogens (tertiary/aromatic N) is 3. The second kappa shape index (κ2) is 13.4. The molecular formula is C26H31N3O8. The maximum atomic E-state index is 12.8. The van der Waals surface area contributed by atoms with Crippen molar-refractivity contribution < 1.29 is 33.6 Å². The predicted octanol–water partition coefficient (Wildman–Crippen LogP) is 3.65. The zero-order valence-electron chi connectivity index (χ0n) is 20.9. The highest BCUT2D eigenvalue weighted by Gasteiger charge is 2.34. The van der Waals surface area contributed by atoms with Crippen molar-refractivity contribution in [2.45, 2.75) is 51.9 Å². The maximum absolute atomic E-state index is 12.8. The molecule has 1 aliphatic rings. The van der Waals surface area contributed by atoms with Gasteiger partial charge in [0.1, 0.15) is 6.61 Å². The maximum Gasteiger partial charge on any atom is 0.410 e. The molecule has 0 N–H and O–H groups in total. The zero-order chi connectivity index (χ0) is 26.8. The van der Waals surface area contributed by atoms with Gasteiger partial charge in [-0.1, -0.05) is 42.5 Å². The van der Waals surface area contributed by atoms with E-state index in [1.54, 1.807) is 11.8 Å². The van der Waals surface area contributed by atoms with E-state index in [1.807, 2.05) is 30.3 Å². The first-order valence-electron chi connectivity index (χ1n) is 12.1. The van der Waals surface area contributed by atoms with Gasteiger partial charge in [-0.3, -0.25) is 19.7 Å². The number of hydroxylamine groups is 2. The number of carbonyl (C=O) groups is 3. The molecule has 0 bridgehead atoms. The molecule has 2 aromatic rings. The first kappa shape index (κ1) is 27.6. The standard InChI is InChI=1S/C26H31N3O8/c1-3-35-25(31)24(17-20-9-11-22(12-10-20)29(33)34)28(19(2)30)37-23-13-15-27(16-14-23)26(32)36-18-21-7-5-4-6-8-21/h4-12,23-24H,3,13-18H2,1-2H3/t24-/m0/s1. The van der Waals surface area contributed by atoms with Crippen molar-refractivity contribution in [1.82, 2.24) is 9.96 Å². The highest BCUT2D eigenvalue weighted by molar-refractivity contribution is 5.83. The topological polar surface area (TPSA) is 129 Å². The molecule has 198 valence electrons. The number of piperidine rings is 1. The molecular weight excluding hydrogens is 482 g/mol. The van der Waals surface area contributed by atoms with Crippen LogP contribution in [0.4, 0.5) is 10.5 Å². The summed E-state index contributed by atoms with van der Waals surface area (Å²) in [5.41, 5.74) is 1.42. The average molecular weight is 514 g/mol. The van der Waals surface area contributed by atoms with E-state index in [4.69, 9.17) is 14.3 Å². The van der Waals surface area contributed by atoms with E-state index < -0.39 is 35.0 Å². The molecule has 0 radical (unpaired) electrons. The monoisotopic (exact) mass is 513 g/mol. The van der Waals surface area contributed by atoms with Crippen LogP contribution in [0.15, 0.2) is 54.6 Å². The summed E-state index contributed by atoms with van der Waals surface area (Å²) in [6.07, 6.45) is 0.111. The van der Waals surface area contributed by atoms with Crippen LogP contribution in [0.5, 0.6) is 0 Å². The van der Waals surface area contributed by atoms with Gasteiger partial charge in [0, 0.05) is 38.6 Å². The predicted molar refractivity (Wildman–Crippen MR) is 132 cm³/mol. The molecule has 11 heteroatoms. The molecule has 3 rings (SSSR count). The van der Waals surface area contributed by atoms with Crippen molar-refractivity contribution in [3.8, 4) is 0 Å². The molecule has 2 aromatic carbocycles. The summed E-state index contributed by atoms with van der Waals surface area (Å²) in [4.78, 5) is 55.7. The van der Waals surface area contributed by atoms with Crippen LogP contribution >= 0.6 is 0 Å². The van der Waals surface area contributed by atoms with Gasteiger partial charge in [0.05, 0.1) is 17.6 Å². The quantitative estimate of drug-likeness (QED) is 0.267. The lowest BCUT2D eigenvalue weighted by molar-refractivity contribution is -0.384. The molecule has 1 fully saturated rings. The van der Waals surface area contributed by atoms with Crippen LogP contribution < -0.4 is 0 Å². The van der Waals surface area contributed by atoms with Crippen LogP contribution in [0.2, 0.25) is 0 Å². The Morgan fingerprint density at radius 3 is 2.24 bits per heavy atom. The Morgan fingerprint density at radius 2 is 1.68 bits per heavy atom. The van der Waals surface area contributed by atoms with E-state index in [1.165, 1.54) is 31.2 Å². The number of non-ortho nitro benzene ring substituents is 1. The van der Waals surface area contributed by atoms with Gasteiger partial charge in [0.2, 0.25) is 5.91 Å². The molecule has 0 saturated carbocycles. The molecule has 11 nitrogen and oxygen atoms in total. The number of carbonyl (C=O) groups excluding carboxylic acids is 3. The van der Waals surface area contributed by atoms with Crippen LogP contribution in [0, 0.1) is 10.1 Å². The lowest BCUT2D eigenvalue weighted by atomic mass is 10.0. The summed E-state index contributed by atoms with van der Waals surface area (Å²) in [7, 11) is 0. The minimum atomic E-state index is -1.08.